The number of carboxylic acids is 1. The van der Waals surface area contributed by atoms with Gasteiger partial charge < -0.3 is 9.84 Å². The lowest BCUT2D eigenvalue weighted by atomic mass is 9.91. The van der Waals surface area contributed by atoms with Gasteiger partial charge in [0, 0.05) is 21.7 Å². The summed E-state index contributed by atoms with van der Waals surface area (Å²) < 4.78 is 10.8. The van der Waals surface area contributed by atoms with Crippen LogP contribution in [0.5, 0.6) is 5.75 Å². The molecule has 0 saturated heterocycles. The Kier molecular flexibility index (Phi) is 9.31. The van der Waals surface area contributed by atoms with Crippen molar-refractivity contribution < 1.29 is 19.2 Å². The number of aromatic amines is 1. The smallest absolute Gasteiger partial charge is 0.439 e. The highest BCUT2D eigenvalue weighted by molar-refractivity contribution is 6.31. The second-order valence-corrected chi connectivity index (χ2v) is 10.3. The molecule has 4 aromatic carbocycles. The van der Waals surface area contributed by atoms with Crippen LogP contribution in [-0.4, -0.2) is 21.2 Å². The molecule has 0 bridgehead atoms. The Morgan fingerprint density at radius 3 is 2.38 bits per heavy atom. The van der Waals surface area contributed by atoms with Gasteiger partial charge in [0.1, 0.15) is 12.4 Å². The number of halogens is 1. The normalized spacial score (nSPS) is 11.9. The van der Waals surface area contributed by atoms with Gasteiger partial charge in [-0.25, -0.2) is 9.59 Å². The van der Waals surface area contributed by atoms with Crippen molar-refractivity contribution >= 4 is 23.6 Å². The number of hydrogen-bond acceptors (Lipinski definition) is 5. The van der Waals surface area contributed by atoms with Crippen molar-refractivity contribution in [3.05, 3.63) is 147 Å². The Morgan fingerprint density at radius 2 is 1.67 bits per heavy atom. The molecule has 0 spiro atoms. The molecule has 0 aliphatic carbocycles. The van der Waals surface area contributed by atoms with E-state index in [1.807, 2.05) is 84.9 Å². The van der Waals surface area contributed by atoms with Crippen molar-refractivity contribution in [2.45, 2.75) is 25.9 Å². The van der Waals surface area contributed by atoms with Crippen molar-refractivity contribution in [2.24, 2.45) is 5.92 Å². The third kappa shape index (κ3) is 7.65. The Morgan fingerprint density at radius 1 is 0.952 bits per heavy atom. The number of aromatic carboxylic acids is 1. The van der Waals surface area contributed by atoms with Crippen LogP contribution in [0.4, 0.5) is 0 Å². The lowest BCUT2D eigenvalue weighted by Gasteiger charge is -2.15. The summed E-state index contributed by atoms with van der Waals surface area (Å²) in [5.41, 5.74) is 5.13. The molecule has 0 fully saturated rings. The van der Waals surface area contributed by atoms with Gasteiger partial charge in [-0.2, -0.15) is 0 Å². The van der Waals surface area contributed by atoms with Gasteiger partial charge >= 0.3 is 11.7 Å². The Hall–Kier alpha value is -4.88. The van der Waals surface area contributed by atoms with Crippen LogP contribution in [0.3, 0.4) is 0 Å². The number of carbonyl (C=O) groups is 1. The zero-order chi connectivity index (χ0) is 29.3. The van der Waals surface area contributed by atoms with Crippen molar-refractivity contribution in [1.82, 2.24) is 10.1 Å². The molecule has 7 nitrogen and oxygen atoms in total. The number of para-hydroxylation sites is 1. The van der Waals surface area contributed by atoms with Crippen LogP contribution in [0.1, 0.15) is 39.0 Å². The third-order valence-corrected chi connectivity index (χ3v) is 7.35. The maximum atomic E-state index is 11.3. The van der Waals surface area contributed by atoms with Crippen LogP contribution in [-0.2, 0) is 19.4 Å². The summed E-state index contributed by atoms with van der Waals surface area (Å²) in [5, 5.41) is 13.6. The first-order valence-electron chi connectivity index (χ1n) is 13.6. The van der Waals surface area contributed by atoms with E-state index >= 15 is 0 Å². The highest BCUT2D eigenvalue weighted by Crippen LogP contribution is 2.26. The minimum Gasteiger partial charge on any atom is -0.488 e. The van der Waals surface area contributed by atoms with E-state index in [-0.39, 0.29) is 11.5 Å². The quantitative estimate of drug-likeness (QED) is 0.159. The largest absolute Gasteiger partial charge is 0.488 e. The van der Waals surface area contributed by atoms with E-state index < -0.39 is 11.7 Å². The topological polar surface area (TPSA) is 105 Å². The highest BCUT2D eigenvalue weighted by Gasteiger charge is 2.11. The number of nitrogens with one attached hydrogen (secondary N) is 1. The molecule has 0 saturated carbocycles. The van der Waals surface area contributed by atoms with Gasteiger partial charge in [0.05, 0.1) is 5.56 Å². The molecule has 8 heteroatoms. The predicted molar refractivity (Wildman–Crippen MR) is 163 cm³/mol. The van der Waals surface area contributed by atoms with Gasteiger partial charge in [-0.1, -0.05) is 102 Å². The predicted octanol–water partition coefficient (Wildman–Crippen LogP) is 7.47. The van der Waals surface area contributed by atoms with Crippen LogP contribution in [0.2, 0.25) is 5.02 Å². The van der Waals surface area contributed by atoms with Crippen LogP contribution in [0, 0.1) is 5.92 Å². The summed E-state index contributed by atoms with van der Waals surface area (Å²) in [6, 6.07) is 30.4. The number of carboxylic acid groups (broad SMARTS) is 1. The molecule has 0 radical (unpaired) electrons. The molecule has 1 unspecified atom stereocenters. The fourth-order valence-corrected chi connectivity index (χ4v) is 4.84. The Balaban J connectivity index is 1.33. The van der Waals surface area contributed by atoms with Gasteiger partial charge in [0.2, 0.25) is 0 Å². The zero-order valence-electron chi connectivity index (χ0n) is 22.7. The second-order valence-electron chi connectivity index (χ2n) is 9.92. The fraction of sp³-hybridized carbons (Fsp3) is 0.147. The number of aryl methyl sites for hydroxylation is 1. The monoisotopic (exact) mass is 580 g/mol. The molecule has 5 rings (SSSR count). The van der Waals surface area contributed by atoms with Gasteiger partial charge in [-0.15, -0.1) is 0 Å². The van der Waals surface area contributed by atoms with E-state index in [0.717, 1.165) is 52.8 Å². The summed E-state index contributed by atoms with van der Waals surface area (Å²) in [4.78, 5) is 25.1. The molecule has 1 heterocycles. The van der Waals surface area contributed by atoms with Crippen LogP contribution >= 0.6 is 11.6 Å². The summed E-state index contributed by atoms with van der Waals surface area (Å²) >= 11 is 6.32. The zero-order valence-corrected chi connectivity index (χ0v) is 23.5. The first-order chi connectivity index (χ1) is 20.4. The molecule has 0 aliphatic rings. The van der Waals surface area contributed by atoms with Gasteiger partial charge in [-0.3, -0.25) is 9.51 Å². The van der Waals surface area contributed by atoms with Gasteiger partial charge in [0.25, 0.3) is 0 Å². The first kappa shape index (κ1) is 28.6. The van der Waals surface area contributed by atoms with Crippen molar-refractivity contribution in [3.63, 3.8) is 0 Å². The Bertz CT molecular complexity index is 1720. The third-order valence-electron chi connectivity index (χ3n) is 6.98. The van der Waals surface area contributed by atoms with E-state index in [0.29, 0.717) is 17.5 Å². The first-order valence-corrected chi connectivity index (χ1v) is 13.9. The lowest BCUT2D eigenvalue weighted by Crippen LogP contribution is -2.04. The minimum absolute atomic E-state index is 0.179. The number of H-pyrrole nitrogens is 1. The molecule has 1 atom stereocenters. The maximum absolute atomic E-state index is 11.3. The van der Waals surface area contributed by atoms with Crippen LogP contribution in [0.15, 0.2) is 112 Å². The number of aromatic nitrogens is 2. The molecule has 1 aromatic heterocycles. The van der Waals surface area contributed by atoms with E-state index in [1.165, 1.54) is 0 Å². The second kappa shape index (κ2) is 13.7. The fourth-order valence-electron chi connectivity index (χ4n) is 4.65. The van der Waals surface area contributed by atoms with Crippen LogP contribution < -0.4 is 10.5 Å². The highest BCUT2D eigenvalue weighted by atomic mass is 35.5. The average Bonchev–Trinajstić information content (AvgIpc) is 3.45. The summed E-state index contributed by atoms with van der Waals surface area (Å²) in [5.74, 6) is -0.190. The van der Waals surface area contributed by atoms with E-state index in [2.05, 4.69) is 26.8 Å². The number of allylic oxidation sites excluding steroid dienone is 1. The molecule has 2 N–H and O–H groups in total. The number of ether oxygens (including phenoxy) is 1. The molecule has 5 aromatic rings. The van der Waals surface area contributed by atoms with E-state index in [4.69, 9.17) is 16.3 Å². The molecular weight excluding hydrogens is 552 g/mol. The van der Waals surface area contributed by atoms with Crippen molar-refractivity contribution in [2.75, 3.05) is 0 Å². The summed E-state index contributed by atoms with van der Waals surface area (Å²) in [6.07, 6.45) is 6.71. The standard InChI is InChI=1S/C34H29ClN2O5/c35-30-7-3-1-6-29(30)22-41-31-8-4-2-5-26(31)16-13-24(10-9-23-11-19-28(20-12-23)33(38)39)21-25-14-17-27(18-15-25)32-36-34(40)42-37-32/h1-8,11-20,24H,9-10,21-22H2,(H,38,39)(H,36,37,40). The molecule has 42 heavy (non-hydrogen) atoms. The van der Waals surface area contributed by atoms with E-state index in [1.54, 1.807) is 12.1 Å². The summed E-state index contributed by atoms with van der Waals surface area (Å²) in [6.45, 7) is 0.365. The van der Waals surface area contributed by atoms with Gasteiger partial charge in [-0.05, 0) is 60.6 Å². The average molecular weight is 581 g/mol. The molecule has 212 valence electrons. The number of benzene rings is 4. The molecular formula is C34H29ClN2O5. The van der Waals surface area contributed by atoms with Crippen molar-refractivity contribution in [1.29, 1.82) is 0 Å². The van der Waals surface area contributed by atoms with Crippen LogP contribution in [0.25, 0.3) is 17.5 Å². The van der Waals surface area contributed by atoms with Gasteiger partial charge in [0.15, 0.2) is 5.82 Å². The number of hydrogen-bond donors (Lipinski definition) is 2. The maximum Gasteiger partial charge on any atom is 0.439 e. The van der Waals surface area contributed by atoms with Crippen molar-refractivity contribution in [3.8, 4) is 17.1 Å². The Labute approximate surface area is 248 Å². The number of rotatable bonds is 12. The van der Waals surface area contributed by atoms with E-state index in [9.17, 15) is 14.7 Å². The molecule has 0 aliphatic heterocycles. The minimum atomic E-state index is -0.934. The molecule has 0 amide bonds. The number of nitrogens with zero attached hydrogens (tertiary/aromatic N) is 1. The summed E-state index contributed by atoms with van der Waals surface area (Å²) in [7, 11) is 0. The lowest BCUT2D eigenvalue weighted by molar-refractivity contribution is 0.0697. The SMILES string of the molecule is O=C(O)c1ccc(CCC(C=Cc2ccccc2OCc2ccccc2Cl)Cc2ccc(-c3noc(=O)[nH]3)cc2)cc1.